The highest BCUT2D eigenvalue weighted by Gasteiger charge is 2.09. The van der Waals surface area contributed by atoms with Gasteiger partial charge in [-0.3, -0.25) is 9.59 Å². The summed E-state index contributed by atoms with van der Waals surface area (Å²) >= 11 is 3.69. The van der Waals surface area contributed by atoms with Crippen LogP contribution >= 0.6 is 33.9 Å². The molecule has 1 heterocycles. The number of likely N-dealkylation sites (N-methyl/N-ethyl adjacent to an activating group) is 1. The van der Waals surface area contributed by atoms with Gasteiger partial charge in [-0.25, -0.2) is 0 Å². The Hall–Kier alpha value is -1.61. The molecule has 2 aromatic rings. The van der Waals surface area contributed by atoms with Crippen molar-refractivity contribution in [3.05, 3.63) is 44.2 Å². The van der Waals surface area contributed by atoms with Crippen molar-refractivity contribution in [1.82, 2.24) is 5.32 Å². The number of benzene rings is 1. The second-order valence-corrected chi connectivity index (χ2v) is 6.89. The van der Waals surface area contributed by atoms with E-state index in [2.05, 4.69) is 33.2 Å². The highest BCUT2D eigenvalue weighted by molar-refractivity contribution is 14.1. The standard InChI is InChI=1S/C14H13IN2O3S/c1-16-13(18)7-20-11-4-2-3-10(6-11)17-14(19)9-5-12(15)21-8-9/h2-6,8H,7H2,1H3,(H,16,18)(H,17,19). The first-order valence-corrected chi connectivity index (χ1v) is 8.03. The number of carbonyl (C=O) groups is 2. The minimum Gasteiger partial charge on any atom is -0.484 e. The number of hydrogen-bond donors (Lipinski definition) is 2. The molecule has 0 aliphatic rings. The summed E-state index contributed by atoms with van der Waals surface area (Å²) in [6.07, 6.45) is 0. The van der Waals surface area contributed by atoms with Gasteiger partial charge in [-0.05, 0) is 40.8 Å². The Morgan fingerprint density at radius 1 is 1.33 bits per heavy atom. The van der Waals surface area contributed by atoms with Crippen LogP contribution in [0.1, 0.15) is 10.4 Å². The summed E-state index contributed by atoms with van der Waals surface area (Å²) in [6.45, 7) is -0.0589. The number of anilines is 1. The van der Waals surface area contributed by atoms with E-state index < -0.39 is 0 Å². The molecule has 0 aliphatic carbocycles. The topological polar surface area (TPSA) is 67.4 Å². The lowest BCUT2D eigenvalue weighted by molar-refractivity contribution is -0.122. The molecular formula is C14H13IN2O3S. The summed E-state index contributed by atoms with van der Waals surface area (Å²) < 4.78 is 6.38. The van der Waals surface area contributed by atoms with Crippen molar-refractivity contribution < 1.29 is 14.3 Å². The van der Waals surface area contributed by atoms with Gasteiger partial charge in [0.15, 0.2) is 6.61 Å². The number of hydrogen-bond acceptors (Lipinski definition) is 4. The van der Waals surface area contributed by atoms with E-state index in [1.807, 2.05) is 11.4 Å². The predicted molar refractivity (Wildman–Crippen MR) is 91.0 cm³/mol. The van der Waals surface area contributed by atoms with Gasteiger partial charge in [0.1, 0.15) is 5.75 Å². The van der Waals surface area contributed by atoms with Gasteiger partial charge in [0.2, 0.25) is 0 Å². The van der Waals surface area contributed by atoms with E-state index in [0.29, 0.717) is 17.0 Å². The van der Waals surface area contributed by atoms with Gasteiger partial charge >= 0.3 is 0 Å². The van der Waals surface area contributed by atoms with Crippen molar-refractivity contribution in [1.29, 1.82) is 0 Å². The third-order valence-electron chi connectivity index (χ3n) is 2.57. The first-order valence-electron chi connectivity index (χ1n) is 6.07. The predicted octanol–water partition coefficient (Wildman–Crippen LogP) is 2.73. The molecule has 0 saturated heterocycles. The molecule has 0 spiro atoms. The number of thiophene rings is 1. The molecule has 1 aromatic carbocycles. The lowest BCUT2D eigenvalue weighted by Crippen LogP contribution is -2.24. The van der Waals surface area contributed by atoms with Crippen LogP contribution in [0.2, 0.25) is 0 Å². The molecule has 2 N–H and O–H groups in total. The molecule has 0 aliphatic heterocycles. The maximum absolute atomic E-state index is 12.0. The van der Waals surface area contributed by atoms with Crippen LogP contribution < -0.4 is 15.4 Å². The molecule has 0 unspecified atom stereocenters. The fourth-order valence-corrected chi connectivity index (χ4v) is 2.84. The average molecular weight is 416 g/mol. The van der Waals surface area contributed by atoms with Crippen LogP contribution in [0.3, 0.4) is 0 Å². The van der Waals surface area contributed by atoms with Gasteiger partial charge in [-0.15, -0.1) is 11.3 Å². The van der Waals surface area contributed by atoms with Crippen LogP contribution in [0.15, 0.2) is 35.7 Å². The molecule has 1 aromatic heterocycles. The third kappa shape index (κ3) is 4.71. The largest absolute Gasteiger partial charge is 0.484 e. The molecule has 0 atom stereocenters. The molecule has 110 valence electrons. The number of halogens is 1. The fraction of sp³-hybridized carbons (Fsp3) is 0.143. The Morgan fingerprint density at radius 3 is 2.81 bits per heavy atom. The van der Waals surface area contributed by atoms with Crippen molar-refractivity contribution >= 4 is 51.4 Å². The molecule has 2 amide bonds. The van der Waals surface area contributed by atoms with E-state index in [4.69, 9.17) is 4.74 Å². The maximum atomic E-state index is 12.0. The van der Waals surface area contributed by atoms with Crippen molar-refractivity contribution in [2.24, 2.45) is 0 Å². The van der Waals surface area contributed by atoms with E-state index in [0.717, 1.165) is 2.88 Å². The smallest absolute Gasteiger partial charge is 0.257 e. The Morgan fingerprint density at radius 2 is 2.14 bits per heavy atom. The number of rotatable bonds is 5. The van der Waals surface area contributed by atoms with Gasteiger partial charge < -0.3 is 15.4 Å². The lowest BCUT2D eigenvalue weighted by Gasteiger charge is -2.08. The maximum Gasteiger partial charge on any atom is 0.257 e. The molecule has 0 saturated carbocycles. The van der Waals surface area contributed by atoms with Gasteiger partial charge in [0, 0.05) is 24.2 Å². The minimum absolute atomic E-state index is 0.0589. The molecule has 7 heteroatoms. The molecule has 21 heavy (non-hydrogen) atoms. The Balaban J connectivity index is 2.00. The monoisotopic (exact) mass is 416 g/mol. The van der Waals surface area contributed by atoms with Crippen molar-refractivity contribution in [3.8, 4) is 5.75 Å². The molecule has 0 fully saturated rings. The Labute approximate surface area is 139 Å². The number of nitrogens with one attached hydrogen (secondary N) is 2. The van der Waals surface area contributed by atoms with Crippen LogP contribution in [-0.4, -0.2) is 25.5 Å². The van der Waals surface area contributed by atoms with Crippen LogP contribution in [0.4, 0.5) is 5.69 Å². The summed E-state index contributed by atoms with van der Waals surface area (Å²) in [5, 5.41) is 7.08. The highest BCUT2D eigenvalue weighted by Crippen LogP contribution is 2.20. The third-order valence-corrected chi connectivity index (χ3v) is 4.36. The van der Waals surface area contributed by atoms with Crippen LogP contribution in [0, 0.1) is 2.88 Å². The van der Waals surface area contributed by atoms with Gasteiger partial charge in [-0.1, -0.05) is 6.07 Å². The van der Waals surface area contributed by atoms with E-state index >= 15 is 0 Å². The quantitative estimate of drug-likeness (QED) is 0.737. The molecular weight excluding hydrogens is 403 g/mol. The van der Waals surface area contributed by atoms with Crippen LogP contribution in [0.25, 0.3) is 0 Å². The van der Waals surface area contributed by atoms with Crippen molar-refractivity contribution in [2.45, 2.75) is 0 Å². The first kappa shape index (κ1) is 15.8. The van der Waals surface area contributed by atoms with E-state index in [1.54, 1.807) is 31.3 Å². The summed E-state index contributed by atoms with van der Waals surface area (Å²) in [5.74, 6) is 0.145. The number of amides is 2. The van der Waals surface area contributed by atoms with Gasteiger partial charge in [-0.2, -0.15) is 0 Å². The van der Waals surface area contributed by atoms with Crippen molar-refractivity contribution in [2.75, 3.05) is 19.0 Å². The first-order chi connectivity index (χ1) is 10.1. The van der Waals surface area contributed by atoms with Gasteiger partial charge in [0.25, 0.3) is 11.8 Å². The SMILES string of the molecule is CNC(=O)COc1cccc(NC(=O)c2csc(I)c2)c1. The fourth-order valence-electron chi connectivity index (χ4n) is 1.52. The Kier molecular flexibility index (Phi) is 5.57. The van der Waals surface area contributed by atoms with Crippen LogP contribution in [-0.2, 0) is 4.79 Å². The van der Waals surface area contributed by atoms with Gasteiger partial charge in [0.05, 0.1) is 8.45 Å². The van der Waals surface area contributed by atoms with E-state index in [-0.39, 0.29) is 18.4 Å². The number of carbonyl (C=O) groups excluding carboxylic acids is 2. The average Bonchev–Trinajstić information content (AvgIpc) is 2.92. The van der Waals surface area contributed by atoms with E-state index in [1.165, 1.54) is 11.3 Å². The summed E-state index contributed by atoms with van der Waals surface area (Å²) in [6, 6.07) is 8.75. The minimum atomic E-state index is -0.211. The number of ether oxygens (including phenoxy) is 1. The zero-order valence-corrected chi connectivity index (χ0v) is 14.2. The second-order valence-electron chi connectivity index (χ2n) is 4.08. The highest BCUT2D eigenvalue weighted by atomic mass is 127. The van der Waals surface area contributed by atoms with Crippen LogP contribution in [0.5, 0.6) is 5.75 Å². The van der Waals surface area contributed by atoms with Crippen molar-refractivity contribution in [3.63, 3.8) is 0 Å². The normalized spacial score (nSPS) is 10.0. The zero-order chi connectivity index (χ0) is 15.2. The van der Waals surface area contributed by atoms with E-state index in [9.17, 15) is 9.59 Å². The molecule has 0 radical (unpaired) electrons. The molecule has 2 rings (SSSR count). The molecule has 5 nitrogen and oxygen atoms in total. The Bertz CT molecular complexity index is 657. The second kappa shape index (κ2) is 7.41. The zero-order valence-electron chi connectivity index (χ0n) is 11.2. The summed E-state index contributed by atoms with van der Waals surface area (Å²) in [5.41, 5.74) is 1.25. The summed E-state index contributed by atoms with van der Waals surface area (Å²) in [4.78, 5) is 23.2. The lowest BCUT2D eigenvalue weighted by atomic mass is 10.2. The molecule has 0 bridgehead atoms. The summed E-state index contributed by atoms with van der Waals surface area (Å²) in [7, 11) is 1.55.